The first-order valence-electron chi connectivity index (χ1n) is 14.5. The average molecular weight is 539 g/mol. The van der Waals surface area contributed by atoms with Gasteiger partial charge in [-0.3, -0.25) is 4.90 Å². The predicted molar refractivity (Wildman–Crippen MR) is 166 cm³/mol. The number of aromatic nitrogens is 1. The molecule has 0 spiro atoms. The number of nitrogens with zero attached hydrogens (tertiary/aromatic N) is 2. The van der Waals surface area contributed by atoms with Gasteiger partial charge in [0.25, 0.3) is 0 Å². The number of likely N-dealkylation sites (tertiary alicyclic amines) is 1. The molecule has 3 aromatic carbocycles. The third kappa shape index (κ3) is 7.38. The van der Waals surface area contributed by atoms with Crippen molar-refractivity contribution in [1.29, 1.82) is 0 Å². The Balaban J connectivity index is 1.18. The molecule has 3 nitrogen and oxygen atoms in total. The zero-order chi connectivity index (χ0) is 27.2. The van der Waals surface area contributed by atoms with Crippen molar-refractivity contribution in [2.24, 2.45) is 5.92 Å². The summed E-state index contributed by atoms with van der Waals surface area (Å²) >= 11 is 1.75. The molecule has 1 aliphatic heterocycles. The van der Waals surface area contributed by atoms with Crippen molar-refractivity contribution < 1.29 is 4.74 Å². The van der Waals surface area contributed by atoms with Crippen LogP contribution in [0.1, 0.15) is 63.8 Å². The molecular weight excluding hydrogens is 496 g/mol. The van der Waals surface area contributed by atoms with Gasteiger partial charge in [0.1, 0.15) is 10.8 Å². The van der Waals surface area contributed by atoms with Crippen molar-refractivity contribution in [1.82, 2.24) is 9.88 Å². The normalized spacial score (nSPS) is 16.4. The summed E-state index contributed by atoms with van der Waals surface area (Å²) in [6.07, 6.45) is 5.07. The van der Waals surface area contributed by atoms with Crippen LogP contribution in [0.15, 0.2) is 78.2 Å². The number of hydrogen-bond donors (Lipinski definition) is 0. The molecule has 1 saturated heterocycles. The maximum atomic E-state index is 5.70. The van der Waals surface area contributed by atoms with E-state index >= 15 is 0 Å². The lowest BCUT2D eigenvalue weighted by molar-refractivity contribution is 0.160. The average Bonchev–Trinajstić information content (AvgIpc) is 3.41. The molecule has 0 bridgehead atoms. The predicted octanol–water partition coefficient (Wildman–Crippen LogP) is 9.02. The molecule has 0 N–H and O–H groups in total. The van der Waals surface area contributed by atoms with Gasteiger partial charge in [-0.2, -0.15) is 0 Å². The van der Waals surface area contributed by atoms with Crippen LogP contribution in [0.2, 0.25) is 0 Å². The smallest absolute Gasteiger partial charge is 0.123 e. The van der Waals surface area contributed by atoms with Crippen LogP contribution in [0.4, 0.5) is 0 Å². The number of benzene rings is 3. The molecule has 5 rings (SSSR count). The summed E-state index contributed by atoms with van der Waals surface area (Å²) in [5.74, 6) is 1.68. The van der Waals surface area contributed by atoms with E-state index in [9.17, 15) is 0 Å². The van der Waals surface area contributed by atoms with Crippen molar-refractivity contribution >= 4 is 11.3 Å². The minimum Gasteiger partial charge on any atom is -0.494 e. The van der Waals surface area contributed by atoms with E-state index in [-0.39, 0.29) is 5.41 Å². The maximum absolute atomic E-state index is 5.70. The Kier molecular flexibility index (Phi) is 8.84. The molecule has 4 heteroatoms. The molecule has 204 valence electrons. The summed E-state index contributed by atoms with van der Waals surface area (Å²) in [5.41, 5.74) is 7.84. The van der Waals surface area contributed by atoms with E-state index in [1.807, 2.05) is 13.0 Å². The van der Waals surface area contributed by atoms with Crippen molar-refractivity contribution in [3.05, 3.63) is 95.0 Å². The van der Waals surface area contributed by atoms with E-state index in [4.69, 9.17) is 9.72 Å². The molecule has 4 aromatic rings. The molecular formula is C35H42N2OS. The van der Waals surface area contributed by atoms with Gasteiger partial charge in [-0.1, -0.05) is 75.4 Å². The first-order chi connectivity index (χ1) is 18.9. The SMILES string of the molecule is CCOc1cccc(-c2cccc(-c3nc(CN4CCCC(CCc5ccc(C(C)(C)C)cc5)C4)cs3)c2)c1. The van der Waals surface area contributed by atoms with E-state index in [0.29, 0.717) is 6.61 Å². The third-order valence-electron chi connectivity index (χ3n) is 7.79. The van der Waals surface area contributed by atoms with Crippen LogP contribution in [0.5, 0.6) is 5.75 Å². The monoisotopic (exact) mass is 538 g/mol. The second kappa shape index (κ2) is 12.5. The molecule has 2 heterocycles. The zero-order valence-corrected chi connectivity index (χ0v) is 24.8. The molecule has 1 aliphatic rings. The first kappa shape index (κ1) is 27.6. The fourth-order valence-electron chi connectivity index (χ4n) is 5.58. The van der Waals surface area contributed by atoms with Gasteiger partial charge >= 0.3 is 0 Å². The minimum atomic E-state index is 0.219. The highest BCUT2D eigenvalue weighted by Gasteiger charge is 2.21. The molecule has 1 fully saturated rings. The van der Waals surface area contributed by atoms with Gasteiger partial charge in [-0.15, -0.1) is 11.3 Å². The largest absolute Gasteiger partial charge is 0.494 e. The van der Waals surface area contributed by atoms with Crippen LogP contribution < -0.4 is 4.74 Å². The number of rotatable bonds is 9. The molecule has 1 atom stereocenters. The third-order valence-corrected chi connectivity index (χ3v) is 8.73. The van der Waals surface area contributed by atoms with Gasteiger partial charge in [-0.25, -0.2) is 4.98 Å². The van der Waals surface area contributed by atoms with E-state index in [2.05, 4.69) is 97.8 Å². The number of hydrogen-bond acceptors (Lipinski definition) is 4. The highest BCUT2D eigenvalue weighted by atomic mass is 32.1. The molecule has 0 aliphatic carbocycles. The number of ether oxygens (including phenoxy) is 1. The first-order valence-corrected chi connectivity index (χ1v) is 15.3. The Labute approximate surface area is 238 Å². The highest BCUT2D eigenvalue weighted by Crippen LogP contribution is 2.31. The second-order valence-electron chi connectivity index (χ2n) is 11.9. The van der Waals surface area contributed by atoms with Gasteiger partial charge in [0.05, 0.1) is 12.3 Å². The van der Waals surface area contributed by atoms with Crippen LogP contribution in [-0.2, 0) is 18.4 Å². The lowest BCUT2D eigenvalue weighted by atomic mass is 9.86. The van der Waals surface area contributed by atoms with Crippen LogP contribution in [0.3, 0.4) is 0 Å². The maximum Gasteiger partial charge on any atom is 0.123 e. The van der Waals surface area contributed by atoms with Crippen molar-refractivity contribution in [2.45, 2.75) is 65.3 Å². The molecule has 1 unspecified atom stereocenters. The lowest BCUT2D eigenvalue weighted by Crippen LogP contribution is -2.35. The Morgan fingerprint density at radius 3 is 2.46 bits per heavy atom. The van der Waals surface area contributed by atoms with Crippen molar-refractivity contribution in [2.75, 3.05) is 19.7 Å². The molecule has 0 saturated carbocycles. The zero-order valence-electron chi connectivity index (χ0n) is 24.0. The second-order valence-corrected chi connectivity index (χ2v) is 12.8. The van der Waals surface area contributed by atoms with Gasteiger partial charge < -0.3 is 4.74 Å². The summed E-state index contributed by atoms with van der Waals surface area (Å²) in [6, 6.07) is 26.3. The summed E-state index contributed by atoms with van der Waals surface area (Å²) in [7, 11) is 0. The quantitative estimate of drug-likeness (QED) is 0.213. The lowest BCUT2D eigenvalue weighted by Gasteiger charge is -2.32. The van der Waals surface area contributed by atoms with Crippen molar-refractivity contribution in [3.63, 3.8) is 0 Å². The highest BCUT2D eigenvalue weighted by molar-refractivity contribution is 7.13. The van der Waals surface area contributed by atoms with Gasteiger partial charge in [0.15, 0.2) is 0 Å². The fraction of sp³-hybridized carbons (Fsp3) is 0.400. The van der Waals surface area contributed by atoms with Gasteiger partial charge in [0.2, 0.25) is 0 Å². The fourth-order valence-corrected chi connectivity index (χ4v) is 6.39. The number of thiazole rings is 1. The van der Waals surface area contributed by atoms with Gasteiger partial charge in [0, 0.05) is 24.0 Å². The topological polar surface area (TPSA) is 25.4 Å². The van der Waals surface area contributed by atoms with E-state index in [0.717, 1.165) is 23.2 Å². The van der Waals surface area contributed by atoms with Gasteiger partial charge in [-0.05, 0) is 90.9 Å². The Morgan fingerprint density at radius 1 is 0.949 bits per heavy atom. The van der Waals surface area contributed by atoms with Crippen LogP contribution in [-0.4, -0.2) is 29.6 Å². The van der Waals surface area contributed by atoms with Crippen LogP contribution >= 0.6 is 11.3 Å². The minimum absolute atomic E-state index is 0.219. The van der Waals surface area contributed by atoms with Crippen molar-refractivity contribution in [3.8, 4) is 27.4 Å². The summed E-state index contributed by atoms with van der Waals surface area (Å²) in [4.78, 5) is 7.67. The van der Waals surface area contributed by atoms with E-state index in [1.165, 1.54) is 72.3 Å². The Hall–Kier alpha value is -2.95. The Bertz CT molecular complexity index is 1350. The molecule has 1 aromatic heterocycles. The number of aryl methyl sites for hydroxylation is 1. The van der Waals surface area contributed by atoms with E-state index < -0.39 is 0 Å². The Morgan fingerprint density at radius 2 is 1.69 bits per heavy atom. The molecule has 0 amide bonds. The molecule has 39 heavy (non-hydrogen) atoms. The standard InChI is InChI=1S/C35H42N2OS/c1-5-38-33-13-7-11-29(22-33)28-10-6-12-30(21-28)34-36-32(25-39-34)24-37-20-8-9-27(23-37)15-14-26-16-18-31(19-17-26)35(2,3)4/h6-7,10-13,16-19,21-22,25,27H,5,8-9,14-15,20,23-24H2,1-4H3. The molecule has 0 radical (unpaired) electrons. The van der Waals surface area contributed by atoms with Crippen LogP contribution in [0.25, 0.3) is 21.7 Å². The number of piperidine rings is 1. The summed E-state index contributed by atoms with van der Waals surface area (Å²) < 4.78 is 5.70. The summed E-state index contributed by atoms with van der Waals surface area (Å²) in [6.45, 7) is 12.8. The summed E-state index contributed by atoms with van der Waals surface area (Å²) in [5, 5.41) is 3.35. The van der Waals surface area contributed by atoms with Crippen LogP contribution in [0, 0.1) is 5.92 Å². The van der Waals surface area contributed by atoms with E-state index in [1.54, 1.807) is 11.3 Å².